The summed E-state index contributed by atoms with van der Waals surface area (Å²) in [7, 11) is 0. The molecule has 0 bridgehead atoms. The van der Waals surface area contributed by atoms with Gasteiger partial charge in [-0.25, -0.2) is 9.97 Å². The molecule has 2 aromatic rings. The molecule has 1 atom stereocenters. The van der Waals surface area contributed by atoms with Crippen LogP contribution in [0.2, 0.25) is 0 Å². The van der Waals surface area contributed by atoms with E-state index in [0.717, 1.165) is 49.3 Å². The maximum atomic E-state index is 12.5. The molecule has 6 heteroatoms. The van der Waals surface area contributed by atoms with Gasteiger partial charge in [-0.2, -0.15) is 0 Å². The van der Waals surface area contributed by atoms with Gasteiger partial charge < -0.3 is 10.2 Å². The van der Waals surface area contributed by atoms with E-state index in [1.165, 1.54) is 0 Å². The maximum Gasteiger partial charge on any atom is 0.240 e. The van der Waals surface area contributed by atoms with Gasteiger partial charge in [0.25, 0.3) is 0 Å². The Kier molecular flexibility index (Phi) is 3.75. The molecule has 4 heterocycles. The number of nitrogens with zero attached hydrogens (tertiary/aromatic N) is 4. The standard InChI is InChI=1S/C17H19N5O/c23-17(15-5-3-8-19-15)22-9-6-13-12(11-22)10-20-16(21-13)14-4-1-2-7-18-14/h1-2,4,7,10,15,19H,3,5-6,8-9,11H2. The second kappa shape index (κ2) is 6.04. The fourth-order valence-corrected chi connectivity index (χ4v) is 3.24. The molecule has 2 aromatic heterocycles. The molecule has 2 aliphatic heterocycles. The molecule has 1 saturated heterocycles. The summed E-state index contributed by atoms with van der Waals surface area (Å²) < 4.78 is 0. The summed E-state index contributed by atoms with van der Waals surface area (Å²) >= 11 is 0. The summed E-state index contributed by atoms with van der Waals surface area (Å²) in [5.74, 6) is 0.864. The van der Waals surface area contributed by atoms with E-state index in [1.54, 1.807) is 6.20 Å². The predicted molar refractivity (Wildman–Crippen MR) is 85.4 cm³/mol. The Morgan fingerprint density at radius 1 is 1.30 bits per heavy atom. The van der Waals surface area contributed by atoms with Gasteiger partial charge in [-0.1, -0.05) is 6.07 Å². The molecule has 0 radical (unpaired) electrons. The SMILES string of the molecule is O=C(C1CCCN1)N1CCc2nc(-c3ccccn3)ncc2C1. The topological polar surface area (TPSA) is 71.0 Å². The van der Waals surface area contributed by atoms with Gasteiger partial charge in [0, 0.05) is 37.5 Å². The fraction of sp³-hybridized carbons (Fsp3) is 0.412. The van der Waals surface area contributed by atoms with E-state index in [9.17, 15) is 4.79 Å². The number of pyridine rings is 1. The van der Waals surface area contributed by atoms with Crippen molar-refractivity contribution in [2.75, 3.05) is 13.1 Å². The average molecular weight is 309 g/mol. The predicted octanol–water partition coefficient (Wildman–Crippen LogP) is 1.18. The number of hydrogen-bond acceptors (Lipinski definition) is 5. The molecule has 0 spiro atoms. The molecular formula is C17H19N5O. The minimum atomic E-state index is -0.00902. The van der Waals surface area contributed by atoms with Crippen molar-refractivity contribution in [1.29, 1.82) is 0 Å². The largest absolute Gasteiger partial charge is 0.336 e. The monoisotopic (exact) mass is 309 g/mol. The fourth-order valence-electron chi connectivity index (χ4n) is 3.24. The Hall–Kier alpha value is -2.34. The van der Waals surface area contributed by atoms with Crippen LogP contribution in [0.1, 0.15) is 24.1 Å². The second-order valence-electron chi connectivity index (χ2n) is 6.04. The Morgan fingerprint density at radius 2 is 2.26 bits per heavy atom. The van der Waals surface area contributed by atoms with Crippen molar-refractivity contribution in [1.82, 2.24) is 25.2 Å². The van der Waals surface area contributed by atoms with Crippen molar-refractivity contribution < 1.29 is 4.79 Å². The average Bonchev–Trinajstić information content (AvgIpc) is 3.15. The first-order valence-corrected chi connectivity index (χ1v) is 8.09. The molecule has 2 aliphatic rings. The van der Waals surface area contributed by atoms with Crippen molar-refractivity contribution in [2.45, 2.75) is 31.8 Å². The van der Waals surface area contributed by atoms with Crippen LogP contribution >= 0.6 is 0 Å². The van der Waals surface area contributed by atoms with Gasteiger partial charge in [0.05, 0.1) is 11.7 Å². The molecule has 118 valence electrons. The number of hydrogen-bond donors (Lipinski definition) is 1. The lowest BCUT2D eigenvalue weighted by Gasteiger charge is -2.30. The number of amides is 1. The summed E-state index contributed by atoms with van der Waals surface area (Å²) in [6.45, 7) is 2.27. The van der Waals surface area contributed by atoms with Crippen molar-refractivity contribution >= 4 is 5.91 Å². The van der Waals surface area contributed by atoms with Crippen LogP contribution in [0.25, 0.3) is 11.5 Å². The summed E-state index contributed by atoms with van der Waals surface area (Å²) in [5, 5.41) is 3.28. The highest BCUT2D eigenvalue weighted by Crippen LogP contribution is 2.21. The molecule has 0 aromatic carbocycles. The van der Waals surface area contributed by atoms with Crippen LogP contribution in [0, 0.1) is 0 Å². The Balaban J connectivity index is 1.53. The van der Waals surface area contributed by atoms with Crippen molar-refractivity contribution in [2.24, 2.45) is 0 Å². The highest BCUT2D eigenvalue weighted by molar-refractivity contribution is 5.82. The molecular weight excluding hydrogens is 290 g/mol. The van der Waals surface area contributed by atoms with Crippen LogP contribution in [-0.2, 0) is 17.8 Å². The van der Waals surface area contributed by atoms with Crippen LogP contribution in [0.4, 0.5) is 0 Å². The van der Waals surface area contributed by atoms with Crippen LogP contribution < -0.4 is 5.32 Å². The first kappa shape index (κ1) is 14.3. The number of rotatable bonds is 2. The quantitative estimate of drug-likeness (QED) is 0.902. The lowest BCUT2D eigenvalue weighted by Crippen LogP contribution is -2.45. The Bertz CT molecular complexity index is 712. The summed E-state index contributed by atoms with van der Waals surface area (Å²) in [6.07, 6.45) is 6.38. The summed E-state index contributed by atoms with van der Waals surface area (Å²) in [6, 6.07) is 5.71. The van der Waals surface area contributed by atoms with Gasteiger partial charge in [-0.05, 0) is 31.5 Å². The number of fused-ring (bicyclic) bond motifs is 1. The molecule has 4 rings (SSSR count). The third-order valence-electron chi connectivity index (χ3n) is 4.50. The van der Waals surface area contributed by atoms with Gasteiger partial charge in [0.2, 0.25) is 5.91 Å². The van der Waals surface area contributed by atoms with Crippen LogP contribution in [0.15, 0.2) is 30.6 Å². The minimum absolute atomic E-state index is 0.00902. The van der Waals surface area contributed by atoms with Gasteiger partial charge >= 0.3 is 0 Å². The molecule has 0 aliphatic carbocycles. The lowest BCUT2D eigenvalue weighted by molar-refractivity contribution is -0.134. The zero-order chi connectivity index (χ0) is 15.6. The highest BCUT2D eigenvalue weighted by atomic mass is 16.2. The smallest absolute Gasteiger partial charge is 0.240 e. The molecule has 1 unspecified atom stereocenters. The van der Waals surface area contributed by atoms with Crippen molar-refractivity contribution in [3.05, 3.63) is 41.9 Å². The van der Waals surface area contributed by atoms with Crippen LogP contribution in [0.3, 0.4) is 0 Å². The molecule has 0 saturated carbocycles. The highest BCUT2D eigenvalue weighted by Gasteiger charge is 2.29. The Labute approximate surface area is 135 Å². The lowest BCUT2D eigenvalue weighted by atomic mass is 10.1. The van der Waals surface area contributed by atoms with Gasteiger partial charge in [-0.3, -0.25) is 9.78 Å². The molecule has 6 nitrogen and oxygen atoms in total. The van der Waals surface area contributed by atoms with E-state index < -0.39 is 0 Å². The van der Waals surface area contributed by atoms with E-state index >= 15 is 0 Å². The number of aromatic nitrogens is 3. The third kappa shape index (κ3) is 2.82. The number of nitrogens with one attached hydrogen (secondary N) is 1. The van der Waals surface area contributed by atoms with Crippen molar-refractivity contribution in [3.63, 3.8) is 0 Å². The van der Waals surface area contributed by atoms with Gasteiger partial charge in [0.1, 0.15) is 5.69 Å². The molecule has 23 heavy (non-hydrogen) atoms. The number of carbonyl (C=O) groups is 1. The van der Waals surface area contributed by atoms with Crippen LogP contribution in [-0.4, -0.2) is 44.9 Å². The number of carbonyl (C=O) groups excluding carboxylic acids is 1. The maximum absolute atomic E-state index is 12.5. The first-order valence-electron chi connectivity index (χ1n) is 8.09. The van der Waals surface area contributed by atoms with E-state index in [-0.39, 0.29) is 11.9 Å². The Morgan fingerprint density at radius 3 is 3.04 bits per heavy atom. The van der Waals surface area contributed by atoms with Gasteiger partial charge in [0.15, 0.2) is 5.82 Å². The molecule has 1 fully saturated rings. The minimum Gasteiger partial charge on any atom is -0.336 e. The summed E-state index contributed by atoms with van der Waals surface area (Å²) in [4.78, 5) is 27.8. The zero-order valence-corrected chi connectivity index (χ0v) is 12.9. The van der Waals surface area contributed by atoms with Crippen molar-refractivity contribution in [3.8, 4) is 11.5 Å². The zero-order valence-electron chi connectivity index (χ0n) is 12.9. The molecule has 1 N–H and O–H groups in total. The van der Waals surface area contributed by atoms with E-state index in [1.807, 2.05) is 29.3 Å². The van der Waals surface area contributed by atoms with E-state index in [4.69, 9.17) is 0 Å². The normalized spacial score (nSPS) is 20.3. The first-order chi connectivity index (χ1) is 11.3. The van der Waals surface area contributed by atoms with E-state index in [0.29, 0.717) is 12.4 Å². The van der Waals surface area contributed by atoms with Gasteiger partial charge in [-0.15, -0.1) is 0 Å². The second-order valence-corrected chi connectivity index (χ2v) is 6.04. The van der Waals surface area contributed by atoms with E-state index in [2.05, 4.69) is 20.3 Å². The molecule has 1 amide bonds. The third-order valence-corrected chi connectivity index (χ3v) is 4.50. The summed E-state index contributed by atoms with van der Waals surface area (Å²) in [5.41, 5.74) is 2.86. The van der Waals surface area contributed by atoms with Crippen LogP contribution in [0.5, 0.6) is 0 Å².